The van der Waals surface area contributed by atoms with Crippen molar-refractivity contribution in [1.29, 1.82) is 0 Å². The van der Waals surface area contributed by atoms with Crippen molar-refractivity contribution in [2.45, 2.75) is 0 Å². The number of rotatable bonds is 4. The lowest BCUT2D eigenvalue weighted by Gasteiger charge is -2.22. The Morgan fingerprint density at radius 3 is 1.76 bits per heavy atom. The second-order valence-electron chi connectivity index (χ2n) is 3.89. The van der Waals surface area contributed by atoms with E-state index in [1.807, 2.05) is 0 Å². The highest BCUT2D eigenvalue weighted by Crippen LogP contribution is 2.24. The summed E-state index contributed by atoms with van der Waals surface area (Å²) < 4.78 is 52.3. The van der Waals surface area contributed by atoms with E-state index in [0.29, 0.717) is 6.54 Å². The highest BCUT2D eigenvalue weighted by atomic mass is 19.2. The van der Waals surface area contributed by atoms with E-state index in [0.717, 1.165) is 4.90 Å². The van der Waals surface area contributed by atoms with Crippen LogP contribution in [-0.2, 0) is 0 Å². The van der Waals surface area contributed by atoms with Gasteiger partial charge in [-0.3, -0.25) is 0 Å². The van der Waals surface area contributed by atoms with Gasteiger partial charge < -0.3 is 9.80 Å². The molecular formula is C10H13F4N3. The minimum Gasteiger partial charge on any atom is -0.368 e. The monoisotopic (exact) mass is 251 g/mol. The number of hydrogen-bond donors (Lipinski definition) is 0. The summed E-state index contributed by atoms with van der Waals surface area (Å²) in [5.41, 5.74) is -0.739. The molecule has 0 N–H and O–H groups in total. The molecule has 1 rings (SSSR count). The predicted molar refractivity (Wildman–Crippen MR) is 55.9 cm³/mol. The zero-order valence-corrected chi connectivity index (χ0v) is 9.77. The molecule has 0 aliphatic rings. The minimum atomic E-state index is -1.64. The zero-order valence-electron chi connectivity index (χ0n) is 9.77. The van der Waals surface area contributed by atoms with Crippen LogP contribution in [0.5, 0.6) is 0 Å². The molecule has 7 heteroatoms. The SMILES string of the molecule is CN(C)CCN(C)c1c(F)c(F)nc(F)c1F. The summed E-state index contributed by atoms with van der Waals surface area (Å²) >= 11 is 0. The average molecular weight is 251 g/mol. The van der Waals surface area contributed by atoms with Crippen LogP contribution in [0.15, 0.2) is 0 Å². The Morgan fingerprint density at radius 1 is 0.882 bits per heavy atom. The number of halogens is 4. The molecule has 3 nitrogen and oxygen atoms in total. The smallest absolute Gasteiger partial charge is 0.253 e. The molecular weight excluding hydrogens is 238 g/mol. The van der Waals surface area contributed by atoms with Crippen LogP contribution in [0.1, 0.15) is 0 Å². The van der Waals surface area contributed by atoms with Gasteiger partial charge in [0.05, 0.1) is 0 Å². The topological polar surface area (TPSA) is 19.4 Å². The zero-order chi connectivity index (χ0) is 13.2. The summed E-state index contributed by atoms with van der Waals surface area (Å²) in [4.78, 5) is 5.38. The first-order valence-corrected chi connectivity index (χ1v) is 4.90. The molecule has 0 spiro atoms. The first-order valence-electron chi connectivity index (χ1n) is 4.90. The number of aromatic nitrogens is 1. The summed E-state index contributed by atoms with van der Waals surface area (Å²) in [6, 6.07) is 0. The fourth-order valence-corrected chi connectivity index (χ4v) is 1.27. The number of nitrogens with zero attached hydrogens (tertiary/aromatic N) is 3. The van der Waals surface area contributed by atoms with Gasteiger partial charge >= 0.3 is 0 Å². The molecule has 1 heterocycles. The summed E-state index contributed by atoms with van der Waals surface area (Å²) in [5, 5.41) is 0. The summed E-state index contributed by atoms with van der Waals surface area (Å²) in [6.45, 7) is 0.713. The van der Waals surface area contributed by atoms with Crippen LogP contribution >= 0.6 is 0 Å². The maximum atomic E-state index is 13.3. The first kappa shape index (κ1) is 13.7. The third-order valence-corrected chi connectivity index (χ3v) is 2.24. The van der Waals surface area contributed by atoms with Crippen molar-refractivity contribution in [2.24, 2.45) is 0 Å². The van der Waals surface area contributed by atoms with Crippen molar-refractivity contribution < 1.29 is 17.6 Å². The van der Waals surface area contributed by atoms with E-state index < -0.39 is 29.2 Å². The van der Waals surface area contributed by atoms with Crippen LogP contribution in [0.2, 0.25) is 0 Å². The highest BCUT2D eigenvalue weighted by molar-refractivity contribution is 5.47. The molecule has 0 unspecified atom stereocenters. The Labute approximate surface area is 96.7 Å². The average Bonchev–Trinajstić information content (AvgIpc) is 2.24. The molecule has 1 aromatic heterocycles. The number of likely N-dealkylation sites (N-methyl/N-ethyl adjacent to an activating group) is 2. The Balaban J connectivity index is 3.03. The van der Waals surface area contributed by atoms with Crippen LogP contribution in [0.25, 0.3) is 0 Å². The largest absolute Gasteiger partial charge is 0.368 e. The molecule has 0 bridgehead atoms. The maximum absolute atomic E-state index is 13.3. The standard InChI is InChI=1S/C10H13F4N3/c1-16(2)4-5-17(3)8-6(11)9(13)15-10(14)7(8)12/h4-5H2,1-3H3. The fraction of sp³-hybridized carbons (Fsp3) is 0.500. The quantitative estimate of drug-likeness (QED) is 0.599. The van der Waals surface area contributed by atoms with Gasteiger partial charge in [-0.15, -0.1) is 0 Å². The van der Waals surface area contributed by atoms with Gasteiger partial charge in [-0.2, -0.15) is 22.5 Å². The Morgan fingerprint density at radius 2 is 1.35 bits per heavy atom. The van der Waals surface area contributed by atoms with E-state index in [4.69, 9.17) is 0 Å². The number of anilines is 1. The van der Waals surface area contributed by atoms with Gasteiger partial charge in [0.25, 0.3) is 11.9 Å². The van der Waals surface area contributed by atoms with Crippen molar-refractivity contribution in [1.82, 2.24) is 9.88 Å². The lowest BCUT2D eigenvalue weighted by atomic mass is 10.3. The first-order chi connectivity index (χ1) is 7.84. The van der Waals surface area contributed by atoms with Gasteiger partial charge in [0, 0.05) is 20.1 Å². The molecule has 0 aliphatic carbocycles. The Hall–Kier alpha value is -1.37. The van der Waals surface area contributed by atoms with Gasteiger partial charge in [0.1, 0.15) is 5.69 Å². The maximum Gasteiger partial charge on any atom is 0.253 e. The van der Waals surface area contributed by atoms with Crippen molar-refractivity contribution in [2.75, 3.05) is 39.1 Å². The number of hydrogen-bond acceptors (Lipinski definition) is 3. The molecule has 0 aliphatic heterocycles. The molecule has 0 saturated carbocycles. The van der Waals surface area contributed by atoms with Crippen LogP contribution in [0.3, 0.4) is 0 Å². The second-order valence-corrected chi connectivity index (χ2v) is 3.89. The van der Waals surface area contributed by atoms with Gasteiger partial charge in [0.2, 0.25) is 11.6 Å². The molecule has 0 aromatic carbocycles. The third-order valence-electron chi connectivity index (χ3n) is 2.24. The van der Waals surface area contributed by atoms with Crippen molar-refractivity contribution in [3.05, 3.63) is 23.5 Å². The molecule has 17 heavy (non-hydrogen) atoms. The van der Waals surface area contributed by atoms with Crippen molar-refractivity contribution >= 4 is 5.69 Å². The van der Waals surface area contributed by atoms with Gasteiger partial charge in [-0.1, -0.05) is 0 Å². The van der Waals surface area contributed by atoms with Crippen LogP contribution < -0.4 is 4.90 Å². The number of pyridine rings is 1. The van der Waals surface area contributed by atoms with Gasteiger partial charge in [-0.25, -0.2) is 0 Å². The normalized spacial score (nSPS) is 11.1. The molecule has 0 saturated heterocycles. The van der Waals surface area contributed by atoms with E-state index in [1.54, 1.807) is 19.0 Å². The Bertz CT molecular complexity index is 383. The predicted octanol–water partition coefficient (Wildman–Crippen LogP) is 1.64. The van der Waals surface area contributed by atoms with E-state index in [9.17, 15) is 17.6 Å². The molecule has 1 aromatic rings. The Kier molecular flexibility index (Phi) is 4.28. The van der Waals surface area contributed by atoms with E-state index >= 15 is 0 Å². The van der Waals surface area contributed by atoms with Gasteiger partial charge in [-0.05, 0) is 14.1 Å². The summed E-state index contributed by atoms with van der Waals surface area (Å²) in [7, 11) is 4.90. The molecule has 0 atom stereocenters. The van der Waals surface area contributed by atoms with Crippen molar-refractivity contribution in [3.63, 3.8) is 0 Å². The lowest BCUT2D eigenvalue weighted by molar-refractivity contribution is 0.396. The molecule has 0 radical (unpaired) electrons. The lowest BCUT2D eigenvalue weighted by Crippen LogP contribution is -2.30. The summed E-state index contributed by atoms with van der Waals surface area (Å²) in [5.74, 6) is -6.25. The third kappa shape index (κ3) is 3.06. The minimum absolute atomic E-state index is 0.226. The fourth-order valence-electron chi connectivity index (χ4n) is 1.27. The van der Waals surface area contributed by atoms with Crippen LogP contribution in [-0.4, -0.2) is 44.1 Å². The molecule has 0 fully saturated rings. The van der Waals surface area contributed by atoms with Gasteiger partial charge in [0.15, 0.2) is 0 Å². The van der Waals surface area contributed by atoms with Crippen molar-refractivity contribution in [3.8, 4) is 0 Å². The van der Waals surface area contributed by atoms with Crippen LogP contribution in [0, 0.1) is 23.5 Å². The van der Waals surface area contributed by atoms with E-state index in [1.165, 1.54) is 7.05 Å². The van der Waals surface area contributed by atoms with E-state index in [-0.39, 0.29) is 6.54 Å². The summed E-state index contributed by atoms with van der Waals surface area (Å²) in [6.07, 6.45) is 0. The van der Waals surface area contributed by atoms with Crippen LogP contribution in [0.4, 0.5) is 23.2 Å². The van der Waals surface area contributed by atoms with E-state index in [2.05, 4.69) is 4.98 Å². The highest BCUT2D eigenvalue weighted by Gasteiger charge is 2.23. The molecule has 96 valence electrons. The molecule has 0 amide bonds. The second kappa shape index (κ2) is 5.31.